The van der Waals surface area contributed by atoms with Crippen LogP contribution in [0.15, 0.2) is 95.5 Å². The van der Waals surface area contributed by atoms with E-state index in [2.05, 4.69) is 54.1 Å². The van der Waals surface area contributed by atoms with Gasteiger partial charge in [0.1, 0.15) is 5.75 Å². The maximum absolute atomic E-state index is 15.4. The number of aliphatic hydroxyl groups excluding tert-OH is 1. The van der Waals surface area contributed by atoms with Gasteiger partial charge in [0.25, 0.3) is 5.91 Å². The number of carbonyl (C=O) groups is 3. The highest BCUT2D eigenvalue weighted by atomic mass is 79.9. The summed E-state index contributed by atoms with van der Waals surface area (Å²) in [4.78, 5) is 48.3. The lowest BCUT2D eigenvalue weighted by atomic mass is 9.82. The van der Waals surface area contributed by atoms with E-state index in [1.54, 1.807) is 12.0 Å². The van der Waals surface area contributed by atoms with Crippen LogP contribution in [-0.2, 0) is 37.7 Å². The Morgan fingerprint density at radius 3 is 2.53 bits per heavy atom. The third-order valence-electron chi connectivity index (χ3n) is 12.7. The number of anilines is 3. The van der Waals surface area contributed by atoms with Gasteiger partial charge in [-0.15, -0.1) is 0 Å². The van der Waals surface area contributed by atoms with Gasteiger partial charge < -0.3 is 24.4 Å². The Labute approximate surface area is 332 Å². The molecule has 4 aromatic carbocycles. The average molecular weight is 823 g/mol. The van der Waals surface area contributed by atoms with Gasteiger partial charge in [-0.3, -0.25) is 19.3 Å². The van der Waals surface area contributed by atoms with Crippen LogP contribution in [0, 0.1) is 5.92 Å². The molecule has 4 aliphatic heterocycles. The number of amides is 3. The first-order valence-corrected chi connectivity index (χ1v) is 23.2. The molecular formula is C44H48BrN3O6Si. The van der Waals surface area contributed by atoms with Crippen LogP contribution in [0.2, 0.25) is 18.6 Å². The molecule has 0 aliphatic carbocycles. The molecule has 9 nitrogen and oxygen atoms in total. The minimum Gasteiger partial charge on any atom is -0.497 e. The molecule has 2 fully saturated rings. The van der Waals surface area contributed by atoms with Gasteiger partial charge in [-0.05, 0) is 84.5 Å². The van der Waals surface area contributed by atoms with Gasteiger partial charge in [0, 0.05) is 34.6 Å². The van der Waals surface area contributed by atoms with E-state index in [9.17, 15) is 14.7 Å². The summed E-state index contributed by atoms with van der Waals surface area (Å²) in [6.45, 7) is 7.58. The van der Waals surface area contributed by atoms with Crippen LogP contribution in [0.4, 0.5) is 17.1 Å². The van der Waals surface area contributed by atoms with Crippen molar-refractivity contribution in [3.63, 3.8) is 0 Å². The Balaban J connectivity index is 1.18. The van der Waals surface area contributed by atoms with E-state index in [1.807, 2.05) is 82.6 Å². The standard InChI is InChI=1S/C44H48BrN3O6Si/c1-28-42(55(3,4)35-18-16-34(53-2)17-19-35)39(25-41(51)46-22-8-12-33(46)27-49)54-44(28)36-24-31(45)15-20-38(36)47(43(44)52)26-29-9-7-11-32(23-29)48-37-13-6-5-10-30(37)14-21-40(48)50/h5-7,9-11,13,15-20,23-24,28,33,39,42,49H,8,12,14,21-22,25-27H2,1-4H3/t28-,33-,39+,42-,44+/m0/s1. The van der Waals surface area contributed by atoms with Gasteiger partial charge in [-0.1, -0.05) is 83.6 Å². The van der Waals surface area contributed by atoms with E-state index in [0.29, 0.717) is 19.4 Å². The number of nitrogens with zero attached hydrogens (tertiary/aromatic N) is 3. The Bertz CT molecular complexity index is 2140. The molecule has 4 heterocycles. The average Bonchev–Trinajstić information content (AvgIpc) is 3.85. The summed E-state index contributed by atoms with van der Waals surface area (Å²) in [5.41, 5.74) is 3.83. The molecule has 0 radical (unpaired) electrons. The Morgan fingerprint density at radius 2 is 1.76 bits per heavy atom. The van der Waals surface area contributed by atoms with E-state index < -0.39 is 19.8 Å². The van der Waals surface area contributed by atoms with Crippen molar-refractivity contribution >= 4 is 64.0 Å². The molecule has 5 atom stereocenters. The molecule has 8 rings (SSSR count). The van der Waals surface area contributed by atoms with Gasteiger partial charge in [-0.2, -0.15) is 0 Å². The monoisotopic (exact) mass is 821 g/mol. The number of hydrogen-bond acceptors (Lipinski definition) is 6. The van der Waals surface area contributed by atoms with Crippen molar-refractivity contribution in [2.75, 3.05) is 30.1 Å². The number of para-hydroxylation sites is 1. The first-order chi connectivity index (χ1) is 26.5. The Kier molecular flexibility index (Phi) is 10.0. The summed E-state index contributed by atoms with van der Waals surface area (Å²) in [5, 5.41) is 11.3. The summed E-state index contributed by atoms with van der Waals surface area (Å²) in [5.74, 6) is 0.352. The second kappa shape index (κ2) is 14.7. The lowest BCUT2D eigenvalue weighted by Crippen LogP contribution is -2.52. The highest BCUT2D eigenvalue weighted by Gasteiger charge is 2.66. The van der Waals surface area contributed by atoms with Crippen LogP contribution in [0.1, 0.15) is 49.3 Å². The molecule has 4 aliphatic rings. The molecule has 4 aromatic rings. The molecule has 55 heavy (non-hydrogen) atoms. The van der Waals surface area contributed by atoms with E-state index in [4.69, 9.17) is 9.47 Å². The highest BCUT2D eigenvalue weighted by Crippen LogP contribution is 2.60. The summed E-state index contributed by atoms with van der Waals surface area (Å²) in [6.07, 6.45) is 2.38. The third-order valence-corrected chi connectivity index (χ3v) is 17.5. The van der Waals surface area contributed by atoms with Gasteiger partial charge in [-0.25, -0.2) is 0 Å². The van der Waals surface area contributed by atoms with Crippen molar-refractivity contribution in [2.24, 2.45) is 5.92 Å². The molecule has 2 saturated heterocycles. The number of rotatable bonds is 9. The number of carbonyl (C=O) groups excluding carboxylic acids is 3. The first kappa shape index (κ1) is 37.6. The van der Waals surface area contributed by atoms with Crippen molar-refractivity contribution < 1.29 is 29.0 Å². The predicted molar refractivity (Wildman–Crippen MR) is 220 cm³/mol. The SMILES string of the molecule is COc1ccc([Si](C)(C)[C@@H]2[C@@H](CC(=O)N3CCC[C@H]3CO)O[C@]3(C(=O)N(Cc4cccc(N5C(=O)CCc6ccccc65)c4)c4ccc(Br)cc43)[C@H]2C)cc1. The Hall–Kier alpha value is -4.29. The molecule has 0 unspecified atom stereocenters. The smallest absolute Gasteiger partial charge is 0.264 e. The number of methoxy groups -OCH3 is 1. The fourth-order valence-corrected chi connectivity index (χ4v) is 14.3. The predicted octanol–water partition coefficient (Wildman–Crippen LogP) is 7.20. The second-order valence-electron chi connectivity index (χ2n) is 16.0. The van der Waals surface area contributed by atoms with Crippen LogP contribution in [0.25, 0.3) is 0 Å². The van der Waals surface area contributed by atoms with Crippen molar-refractivity contribution in [3.8, 4) is 5.75 Å². The first-order valence-electron chi connectivity index (χ1n) is 19.3. The topological polar surface area (TPSA) is 99.6 Å². The van der Waals surface area contributed by atoms with Crippen LogP contribution >= 0.6 is 15.9 Å². The molecule has 0 aromatic heterocycles. The molecule has 3 amide bonds. The van der Waals surface area contributed by atoms with Gasteiger partial charge in [0.15, 0.2) is 5.60 Å². The van der Waals surface area contributed by atoms with Crippen LogP contribution in [0.3, 0.4) is 0 Å². The third kappa shape index (κ3) is 6.33. The number of fused-ring (bicyclic) bond motifs is 3. The molecule has 0 saturated carbocycles. The maximum Gasteiger partial charge on any atom is 0.264 e. The van der Waals surface area contributed by atoms with Gasteiger partial charge in [0.05, 0.1) is 58.3 Å². The zero-order valence-corrected chi connectivity index (χ0v) is 34.4. The number of aliphatic hydroxyl groups is 1. The number of hydrogen-bond donors (Lipinski definition) is 1. The molecule has 11 heteroatoms. The molecule has 0 bridgehead atoms. The van der Waals surface area contributed by atoms with E-state index in [-0.39, 0.29) is 54.8 Å². The van der Waals surface area contributed by atoms with Crippen molar-refractivity contribution in [2.45, 2.75) is 82.0 Å². The number of benzene rings is 4. The summed E-state index contributed by atoms with van der Waals surface area (Å²) < 4.78 is 13.6. The fraction of sp³-hybridized carbons (Fsp3) is 0.386. The zero-order valence-electron chi connectivity index (χ0n) is 31.8. The largest absolute Gasteiger partial charge is 0.497 e. The number of aryl methyl sites for hydroxylation is 1. The zero-order chi connectivity index (χ0) is 38.6. The van der Waals surface area contributed by atoms with Crippen molar-refractivity contribution in [1.29, 1.82) is 0 Å². The summed E-state index contributed by atoms with van der Waals surface area (Å²) in [6, 6.07) is 29.9. The van der Waals surface area contributed by atoms with E-state index >= 15 is 4.79 Å². The lowest BCUT2D eigenvalue weighted by molar-refractivity contribution is -0.150. The second-order valence-corrected chi connectivity index (χ2v) is 21.6. The van der Waals surface area contributed by atoms with Crippen molar-refractivity contribution in [3.05, 3.63) is 112 Å². The van der Waals surface area contributed by atoms with Crippen LogP contribution < -0.4 is 19.7 Å². The van der Waals surface area contributed by atoms with Gasteiger partial charge >= 0.3 is 0 Å². The lowest BCUT2D eigenvalue weighted by Gasteiger charge is -2.37. The normalized spacial score (nSPS) is 24.8. The van der Waals surface area contributed by atoms with Crippen LogP contribution in [0.5, 0.6) is 5.75 Å². The fourth-order valence-electron chi connectivity index (χ4n) is 9.97. The highest BCUT2D eigenvalue weighted by molar-refractivity contribution is 9.10. The summed E-state index contributed by atoms with van der Waals surface area (Å²) >= 11 is 3.70. The molecular weight excluding hydrogens is 774 g/mol. The maximum atomic E-state index is 15.4. The van der Waals surface area contributed by atoms with E-state index in [1.165, 1.54) is 5.19 Å². The van der Waals surface area contributed by atoms with Crippen LogP contribution in [-0.4, -0.2) is 68.2 Å². The Morgan fingerprint density at radius 1 is 0.982 bits per heavy atom. The number of halogens is 1. The number of ether oxygens (including phenoxy) is 2. The molecule has 1 N–H and O–H groups in total. The molecule has 286 valence electrons. The molecule has 1 spiro atoms. The minimum absolute atomic E-state index is 0.0438. The van der Waals surface area contributed by atoms with Gasteiger partial charge in [0.2, 0.25) is 11.8 Å². The summed E-state index contributed by atoms with van der Waals surface area (Å²) in [7, 11) is -0.821. The quantitative estimate of drug-likeness (QED) is 0.180. The minimum atomic E-state index is -2.48. The number of likely N-dealkylation sites (tertiary alicyclic amines) is 1. The van der Waals surface area contributed by atoms with Crippen molar-refractivity contribution in [1.82, 2.24) is 4.90 Å². The van der Waals surface area contributed by atoms with E-state index in [0.717, 1.165) is 56.8 Å².